The van der Waals surface area contributed by atoms with Crippen molar-refractivity contribution in [2.75, 3.05) is 13.2 Å². The Morgan fingerprint density at radius 1 is 0.962 bits per heavy atom. The summed E-state index contributed by atoms with van der Waals surface area (Å²) in [6.07, 6.45) is 3.41. The maximum Gasteiger partial charge on any atom is 0.244 e. The average molecular weight is 345 g/mol. The molecule has 0 aliphatic carbocycles. The highest BCUT2D eigenvalue weighted by Crippen LogP contribution is 2.33. The van der Waals surface area contributed by atoms with Crippen molar-refractivity contribution in [2.45, 2.75) is 6.54 Å². The molecule has 0 atom stereocenters. The summed E-state index contributed by atoms with van der Waals surface area (Å²) in [5.41, 5.74) is 1.93. The van der Waals surface area contributed by atoms with E-state index in [1.165, 1.54) is 0 Å². The van der Waals surface area contributed by atoms with E-state index in [2.05, 4.69) is 23.5 Å². The summed E-state index contributed by atoms with van der Waals surface area (Å²) in [5.74, 6) is 1.30. The van der Waals surface area contributed by atoms with Crippen LogP contribution in [0.2, 0.25) is 0 Å². The Kier molecular flexibility index (Phi) is 4.56. The fourth-order valence-corrected chi connectivity index (χ4v) is 3.08. The minimum Gasteiger partial charge on any atom is -0.486 e. The highest BCUT2D eigenvalue weighted by Gasteiger charge is 2.15. The number of amides is 1. The first-order valence-corrected chi connectivity index (χ1v) is 8.62. The van der Waals surface area contributed by atoms with Gasteiger partial charge in [-0.15, -0.1) is 0 Å². The van der Waals surface area contributed by atoms with Crippen molar-refractivity contribution in [3.05, 3.63) is 77.9 Å². The third-order valence-corrected chi connectivity index (χ3v) is 4.34. The largest absolute Gasteiger partial charge is 0.486 e. The standard InChI is InChI=1S/C22H19NO3/c24-21(12-11-17-7-3-6-16-5-1-2-9-19(16)17)23-15-18-8-4-10-20-22(18)26-14-13-25-20/h1-12H,13-15H2,(H,23,24)/b12-11+. The number of benzene rings is 3. The third kappa shape index (κ3) is 3.40. The number of carbonyl (C=O) groups excluding carboxylic acids is 1. The quantitative estimate of drug-likeness (QED) is 0.729. The number of carbonyl (C=O) groups is 1. The van der Waals surface area contributed by atoms with Crippen molar-refractivity contribution in [2.24, 2.45) is 0 Å². The van der Waals surface area contributed by atoms with Crippen LogP contribution in [0.4, 0.5) is 0 Å². The van der Waals surface area contributed by atoms with Crippen LogP contribution in [0.5, 0.6) is 11.5 Å². The van der Waals surface area contributed by atoms with Crippen LogP contribution >= 0.6 is 0 Å². The summed E-state index contributed by atoms with van der Waals surface area (Å²) in [6, 6.07) is 19.9. The number of fused-ring (bicyclic) bond motifs is 2. The minimum absolute atomic E-state index is 0.146. The summed E-state index contributed by atoms with van der Waals surface area (Å²) >= 11 is 0. The number of para-hydroxylation sites is 1. The van der Waals surface area contributed by atoms with E-state index in [0.29, 0.717) is 19.8 Å². The lowest BCUT2D eigenvalue weighted by Crippen LogP contribution is -2.22. The van der Waals surface area contributed by atoms with Gasteiger partial charge in [-0.05, 0) is 28.5 Å². The Bertz CT molecular complexity index is 973. The zero-order valence-corrected chi connectivity index (χ0v) is 14.3. The predicted octanol–water partition coefficient (Wildman–Crippen LogP) is 3.94. The molecule has 4 nitrogen and oxygen atoms in total. The van der Waals surface area contributed by atoms with Gasteiger partial charge in [0.2, 0.25) is 5.91 Å². The molecular weight excluding hydrogens is 326 g/mol. The van der Waals surface area contributed by atoms with Gasteiger partial charge in [-0.3, -0.25) is 4.79 Å². The van der Waals surface area contributed by atoms with Crippen molar-refractivity contribution in [1.29, 1.82) is 0 Å². The molecule has 26 heavy (non-hydrogen) atoms. The van der Waals surface area contributed by atoms with Crippen LogP contribution in [0.25, 0.3) is 16.8 Å². The zero-order valence-electron chi connectivity index (χ0n) is 14.3. The van der Waals surface area contributed by atoms with Crippen LogP contribution in [0.1, 0.15) is 11.1 Å². The van der Waals surface area contributed by atoms with Gasteiger partial charge in [-0.25, -0.2) is 0 Å². The molecule has 0 saturated heterocycles. The lowest BCUT2D eigenvalue weighted by atomic mass is 10.0. The summed E-state index contributed by atoms with van der Waals surface area (Å²) < 4.78 is 11.2. The lowest BCUT2D eigenvalue weighted by molar-refractivity contribution is -0.116. The van der Waals surface area contributed by atoms with Crippen molar-refractivity contribution in [1.82, 2.24) is 5.32 Å². The normalized spacial score (nSPS) is 13.1. The van der Waals surface area contributed by atoms with E-state index >= 15 is 0 Å². The molecule has 3 aromatic rings. The Morgan fingerprint density at radius 3 is 2.73 bits per heavy atom. The van der Waals surface area contributed by atoms with E-state index in [0.717, 1.165) is 33.4 Å². The van der Waals surface area contributed by atoms with Gasteiger partial charge in [0.05, 0.1) is 0 Å². The second kappa shape index (κ2) is 7.31. The van der Waals surface area contributed by atoms with E-state index in [-0.39, 0.29) is 5.91 Å². The SMILES string of the molecule is O=C(/C=C/c1cccc2ccccc12)NCc1cccc2c1OCCO2. The highest BCUT2D eigenvalue weighted by molar-refractivity contribution is 5.96. The summed E-state index contributed by atoms with van der Waals surface area (Å²) in [7, 11) is 0. The van der Waals surface area contributed by atoms with Gasteiger partial charge in [-0.1, -0.05) is 54.6 Å². The molecule has 0 unspecified atom stereocenters. The van der Waals surface area contributed by atoms with E-state index in [9.17, 15) is 4.79 Å². The van der Waals surface area contributed by atoms with E-state index in [4.69, 9.17) is 9.47 Å². The van der Waals surface area contributed by atoms with Gasteiger partial charge < -0.3 is 14.8 Å². The molecule has 3 aromatic carbocycles. The van der Waals surface area contributed by atoms with Gasteiger partial charge in [0.15, 0.2) is 11.5 Å². The maximum atomic E-state index is 12.2. The van der Waals surface area contributed by atoms with Crippen LogP contribution in [0.3, 0.4) is 0 Å². The first-order chi connectivity index (χ1) is 12.8. The molecule has 1 aliphatic heterocycles. The molecule has 0 fully saturated rings. The van der Waals surface area contributed by atoms with E-state index < -0.39 is 0 Å². The van der Waals surface area contributed by atoms with Gasteiger partial charge in [-0.2, -0.15) is 0 Å². The van der Waals surface area contributed by atoms with Crippen molar-refractivity contribution < 1.29 is 14.3 Å². The van der Waals surface area contributed by atoms with Crippen LogP contribution in [-0.4, -0.2) is 19.1 Å². The molecule has 130 valence electrons. The van der Waals surface area contributed by atoms with Crippen molar-refractivity contribution >= 4 is 22.8 Å². The molecule has 0 radical (unpaired) electrons. The van der Waals surface area contributed by atoms with Gasteiger partial charge in [0.25, 0.3) is 0 Å². The average Bonchev–Trinajstić information content (AvgIpc) is 2.70. The summed E-state index contributed by atoms with van der Waals surface area (Å²) in [6.45, 7) is 1.47. The van der Waals surface area contributed by atoms with Gasteiger partial charge in [0, 0.05) is 18.2 Å². The first-order valence-electron chi connectivity index (χ1n) is 8.62. The smallest absolute Gasteiger partial charge is 0.244 e. The first kappa shape index (κ1) is 16.2. The van der Waals surface area contributed by atoms with Crippen LogP contribution in [-0.2, 0) is 11.3 Å². The predicted molar refractivity (Wildman–Crippen MR) is 102 cm³/mol. The number of hydrogen-bond donors (Lipinski definition) is 1. The van der Waals surface area contributed by atoms with E-state index in [1.807, 2.05) is 48.5 Å². The number of rotatable bonds is 4. The Morgan fingerprint density at radius 2 is 1.77 bits per heavy atom. The topological polar surface area (TPSA) is 47.6 Å². The van der Waals surface area contributed by atoms with Crippen molar-refractivity contribution in [3.63, 3.8) is 0 Å². The summed E-state index contributed by atoms with van der Waals surface area (Å²) in [5, 5.41) is 5.19. The fourth-order valence-electron chi connectivity index (χ4n) is 3.08. The Hall–Kier alpha value is -3.27. The molecule has 0 aromatic heterocycles. The molecule has 4 heteroatoms. The zero-order chi connectivity index (χ0) is 17.8. The molecular formula is C22H19NO3. The minimum atomic E-state index is -0.146. The van der Waals surface area contributed by atoms with Gasteiger partial charge in [0.1, 0.15) is 13.2 Å². The fraction of sp³-hybridized carbons (Fsp3) is 0.136. The molecule has 0 bridgehead atoms. The maximum absolute atomic E-state index is 12.2. The van der Waals surface area contributed by atoms with Crippen LogP contribution in [0, 0.1) is 0 Å². The van der Waals surface area contributed by atoms with Gasteiger partial charge >= 0.3 is 0 Å². The second-order valence-electron chi connectivity index (χ2n) is 6.06. The Labute approximate surface area is 152 Å². The second-order valence-corrected chi connectivity index (χ2v) is 6.06. The molecule has 1 amide bonds. The number of nitrogens with one attached hydrogen (secondary N) is 1. The van der Waals surface area contributed by atoms with Crippen LogP contribution < -0.4 is 14.8 Å². The third-order valence-electron chi connectivity index (χ3n) is 4.34. The number of hydrogen-bond acceptors (Lipinski definition) is 3. The van der Waals surface area contributed by atoms with Crippen LogP contribution in [0.15, 0.2) is 66.7 Å². The molecule has 1 heterocycles. The lowest BCUT2D eigenvalue weighted by Gasteiger charge is -2.20. The molecule has 1 N–H and O–H groups in total. The summed E-state index contributed by atoms with van der Waals surface area (Å²) in [4.78, 5) is 12.2. The van der Waals surface area contributed by atoms with Crippen molar-refractivity contribution in [3.8, 4) is 11.5 Å². The number of ether oxygens (including phenoxy) is 2. The molecule has 0 spiro atoms. The van der Waals surface area contributed by atoms with E-state index in [1.54, 1.807) is 6.08 Å². The molecule has 4 rings (SSSR count). The highest BCUT2D eigenvalue weighted by atomic mass is 16.6. The molecule has 1 aliphatic rings. The Balaban J connectivity index is 1.45. The molecule has 0 saturated carbocycles. The monoisotopic (exact) mass is 345 g/mol.